The molecule has 0 N–H and O–H groups in total. The summed E-state index contributed by atoms with van der Waals surface area (Å²) in [7, 11) is 0. The third-order valence-electron chi connectivity index (χ3n) is 4.19. The number of hydrogen-bond donors (Lipinski definition) is 0. The average Bonchev–Trinajstić information content (AvgIpc) is 2.61. The molecule has 0 unspecified atom stereocenters. The highest BCUT2D eigenvalue weighted by atomic mass is 16.2. The molecule has 23 heavy (non-hydrogen) atoms. The number of benzene rings is 2. The van der Waals surface area contributed by atoms with Crippen LogP contribution in [0.4, 0.5) is 5.69 Å². The van der Waals surface area contributed by atoms with Gasteiger partial charge in [-0.05, 0) is 48.9 Å². The van der Waals surface area contributed by atoms with Crippen LogP contribution in [0.15, 0.2) is 48.5 Å². The minimum Gasteiger partial charge on any atom is -0.368 e. The maximum absolute atomic E-state index is 12.5. The molecule has 1 heterocycles. The molecule has 1 amide bonds. The minimum atomic E-state index is 0.0402. The molecular formula is C19H19N3O. The van der Waals surface area contributed by atoms with Gasteiger partial charge in [0.15, 0.2) is 0 Å². The van der Waals surface area contributed by atoms with Gasteiger partial charge < -0.3 is 9.80 Å². The maximum Gasteiger partial charge on any atom is 0.253 e. The summed E-state index contributed by atoms with van der Waals surface area (Å²) in [5.74, 6) is 0.0402. The Kier molecular flexibility index (Phi) is 4.29. The molecule has 1 saturated heterocycles. The van der Waals surface area contributed by atoms with Crippen LogP contribution in [0.2, 0.25) is 0 Å². The number of rotatable bonds is 2. The van der Waals surface area contributed by atoms with Crippen LogP contribution in [0.1, 0.15) is 21.5 Å². The first-order valence-electron chi connectivity index (χ1n) is 7.78. The number of aryl methyl sites for hydroxylation is 1. The molecule has 1 aliphatic heterocycles. The lowest BCUT2D eigenvalue weighted by Crippen LogP contribution is -2.48. The highest BCUT2D eigenvalue weighted by molar-refractivity contribution is 5.94. The first-order chi connectivity index (χ1) is 11.2. The molecule has 0 aromatic heterocycles. The predicted octanol–water partition coefficient (Wildman–Crippen LogP) is 2.83. The molecule has 1 aliphatic rings. The van der Waals surface area contributed by atoms with E-state index in [-0.39, 0.29) is 5.91 Å². The van der Waals surface area contributed by atoms with Crippen molar-refractivity contribution >= 4 is 11.6 Å². The summed E-state index contributed by atoms with van der Waals surface area (Å²) in [4.78, 5) is 16.7. The van der Waals surface area contributed by atoms with Gasteiger partial charge in [0.2, 0.25) is 0 Å². The van der Waals surface area contributed by atoms with Crippen LogP contribution in [0, 0.1) is 18.3 Å². The summed E-state index contributed by atoms with van der Waals surface area (Å²) in [6.45, 7) is 5.20. The van der Waals surface area contributed by atoms with E-state index in [4.69, 9.17) is 5.26 Å². The number of anilines is 1. The van der Waals surface area contributed by atoms with Crippen LogP contribution in [-0.4, -0.2) is 37.0 Å². The van der Waals surface area contributed by atoms with Gasteiger partial charge in [-0.3, -0.25) is 4.79 Å². The SMILES string of the molecule is Cc1cccc(N2CCN(C(=O)c3ccc(C#N)cc3)CC2)c1. The Labute approximate surface area is 136 Å². The van der Waals surface area contributed by atoms with Crippen LogP contribution in [-0.2, 0) is 0 Å². The summed E-state index contributed by atoms with van der Waals surface area (Å²) in [5, 5.41) is 8.82. The van der Waals surface area contributed by atoms with Crippen LogP contribution >= 0.6 is 0 Å². The smallest absolute Gasteiger partial charge is 0.253 e. The highest BCUT2D eigenvalue weighted by Gasteiger charge is 2.22. The molecular weight excluding hydrogens is 286 g/mol. The Bertz CT molecular complexity index is 738. The van der Waals surface area contributed by atoms with Crippen molar-refractivity contribution < 1.29 is 4.79 Å². The lowest BCUT2D eigenvalue weighted by molar-refractivity contribution is 0.0747. The predicted molar refractivity (Wildman–Crippen MR) is 90.5 cm³/mol. The lowest BCUT2D eigenvalue weighted by Gasteiger charge is -2.36. The van der Waals surface area contributed by atoms with E-state index in [2.05, 4.69) is 42.2 Å². The summed E-state index contributed by atoms with van der Waals surface area (Å²) in [5.41, 5.74) is 3.69. The molecule has 2 aromatic carbocycles. The van der Waals surface area contributed by atoms with E-state index in [1.165, 1.54) is 11.3 Å². The monoisotopic (exact) mass is 305 g/mol. The Morgan fingerprint density at radius 1 is 1.04 bits per heavy atom. The molecule has 1 fully saturated rings. The Morgan fingerprint density at radius 3 is 2.35 bits per heavy atom. The van der Waals surface area contributed by atoms with E-state index >= 15 is 0 Å². The molecule has 0 radical (unpaired) electrons. The number of carbonyl (C=O) groups excluding carboxylic acids is 1. The fourth-order valence-corrected chi connectivity index (χ4v) is 2.86. The van der Waals surface area contributed by atoms with Crippen molar-refractivity contribution in [1.82, 2.24) is 4.90 Å². The minimum absolute atomic E-state index is 0.0402. The summed E-state index contributed by atoms with van der Waals surface area (Å²) in [6, 6.07) is 17.4. The number of amides is 1. The van der Waals surface area contributed by atoms with Gasteiger partial charge in [-0.2, -0.15) is 5.26 Å². The Hall–Kier alpha value is -2.80. The van der Waals surface area contributed by atoms with Crippen molar-refractivity contribution in [3.63, 3.8) is 0 Å². The fraction of sp³-hybridized carbons (Fsp3) is 0.263. The second-order valence-electron chi connectivity index (χ2n) is 5.81. The highest BCUT2D eigenvalue weighted by Crippen LogP contribution is 2.18. The fourth-order valence-electron chi connectivity index (χ4n) is 2.86. The van der Waals surface area contributed by atoms with E-state index in [1.54, 1.807) is 24.3 Å². The maximum atomic E-state index is 12.5. The molecule has 2 aromatic rings. The standard InChI is InChI=1S/C19H19N3O/c1-15-3-2-4-18(13-15)21-9-11-22(12-10-21)19(23)17-7-5-16(14-20)6-8-17/h2-8,13H,9-12H2,1H3. The second kappa shape index (κ2) is 6.53. The number of hydrogen-bond acceptors (Lipinski definition) is 3. The lowest BCUT2D eigenvalue weighted by atomic mass is 10.1. The Balaban J connectivity index is 1.64. The summed E-state index contributed by atoms with van der Waals surface area (Å²) < 4.78 is 0. The normalized spacial score (nSPS) is 14.4. The first kappa shape index (κ1) is 15.1. The van der Waals surface area contributed by atoms with Crippen LogP contribution in [0.5, 0.6) is 0 Å². The molecule has 0 saturated carbocycles. The number of carbonyl (C=O) groups is 1. The van der Waals surface area contributed by atoms with Crippen molar-refractivity contribution in [2.24, 2.45) is 0 Å². The molecule has 0 aliphatic carbocycles. The molecule has 116 valence electrons. The molecule has 0 spiro atoms. The van der Waals surface area contributed by atoms with E-state index < -0.39 is 0 Å². The second-order valence-corrected chi connectivity index (χ2v) is 5.81. The largest absolute Gasteiger partial charge is 0.368 e. The Morgan fingerprint density at radius 2 is 1.74 bits per heavy atom. The van der Waals surface area contributed by atoms with Gasteiger partial charge in [-0.15, -0.1) is 0 Å². The zero-order valence-corrected chi connectivity index (χ0v) is 13.2. The van der Waals surface area contributed by atoms with Crippen LogP contribution < -0.4 is 4.90 Å². The van der Waals surface area contributed by atoms with Crippen molar-refractivity contribution in [2.75, 3.05) is 31.1 Å². The van der Waals surface area contributed by atoms with E-state index in [1.807, 2.05) is 4.90 Å². The van der Waals surface area contributed by atoms with Gasteiger partial charge in [0.1, 0.15) is 0 Å². The summed E-state index contributed by atoms with van der Waals surface area (Å²) >= 11 is 0. The number of nitrogens with zero attached hydrogens (tertiary/aromatic N) is 3. The number of nitriles is 1. The van der Waals surface area contributed by atoms with Gasteiger partial charge in [0.05, 0.1) is 11.6 Å². The molecule has 3 rings (SSSR count). The molecule has 4 nitrogen and oxygen atoms in total. The number of piperazine rings is 1. The van der Waals surface area contributed by atoms with E-state index in [0.29, 0.717) is 24.2 Å². The topological polar surface area (TPSA) is 47.3 Å². The van der Waals surface area contributed by atoms with Gasteiger partial charge in [-0.25, -0.2) is 0 Å². The van der Waals surface area contributed by atoms with Crippen LogP contribution in [0.3, 0.4) is 0 Å². The van der Waals surface area contributed by atoms with Gasteiger partial charge in [0, 0.05) is 37.4 Å². The van der Waals surface area contributed by atoms with Crippen molar-refractivity contribution in [1.29, 1.82) is 5.26 Å². The zero-order chi connectivity index (χ0) is 16.2. The van der Waals surface area contributed by atoms with Crippen LogP contribution in [0.25, 0.3) is 0 Å². The summed E-state index contributed by atoms with van der Waals surface area (Å²) in [6.07, 6.45) is 0. The van der Waals surface area contributed by atoms with Gasteiger partial charge in [-0.1, -0.05) is 12.1 Å². The van der Waals surface area contributed by atoms with Crippen molar-refractivity contribution in [3.8, 4) is 6.07 Å². The molecule has 0 atom stereocenters. The van der Waals surface area contributed by atoms with Gasteiger partial charge >= 0.3 is 0 Å². The van der Waals surface area contributed by atoms with E-state index in [9.17, 15) is 4.79 Å². The third kappa shape index (κ3) is 3.35. The average molecular weight is 305 g/mol. The zero-order valence-electron chi connectivity index (χ0n) is 13.2. The van der Waals surface area contributed by atoms with E-state index in [0.717, 1.165) is 13.1 Å². The quantitative estimate of drug-likeness (QED) is 0.857. The molecule has 4 heteroatoms. The van der Waals surface area contributed by atoms with Crippen molar-refractivity contribution in [3.05, 3.63) is 65.2 Å². The first-order valence-corrected chi connectivity index (χ1v) is 7.78. The van der Waals surface area contributed by atoms with Crippen molar-refractivity contribution in [2.45, 2.75) is 6.92 Å². The molecule has 0 bridgehead atoms. The van der Waals surface area contributed by atoms with Gasteiger partial charge in [0.25, 0.3) is 5.91 Å². The third-order valence-corrected chi connectivity index (χ3v) is 4.19.